The molecule has 0 bridgehead atoms. The van der Waals surface area contributed by atoms with Gasteiger partial charge in [-0.1, -0.05) is 6.08 Å². The lowest BCUT2D eigenvalue weighted by atomic mass is 10.1. The van der Waals surface area contributed by atoms with Crippen LogP contribution >= 0.6 is 22.7 Å². The molecule has 2 aromatic heterocycles. The van der Waals surface area contributed by atoms with Crippen LogP contribution in [0.5, 0.6) is 17.2 Å². The van der Waals surface area contributed by atoms with Crippen LogP contribution in [0.1, 0.15) is 9.75 Å². The first-order valence-electron chi connectivity index (χ1n) is 8.84. The number of benzene rings is 1. The van der Waals surface area contributed by atoms with Gasteiger partial charge in [0.2, 0.25) is 10.6 Å². The predicted molar refractivity (Wildman–Crippen MR) is 120 cm³/mol. The summed E-state index contributed by atoms with van der Waals surface area (Å²) in [5.74, 6) is 1.72. The number of rotatable bonds is 8. The molecule has 3 rings (SSSR count). The van der Waals surface area contributed by atoms with E-state index in [-0.39, 0.29) is 0 Å². The fraction of sp³-hybridized carbons (Fsp3) is 0.238. The molecular weight excluding hydrogens is 406 g/mol. The summed E-state index contributed by atoms with van der Waals surface area (Å²) < 4.78 is 18.3. The lowest BCUT2D eigenvalue weighted by molar-refractivity contribution is 0.324. The van der Waals surface area contributed by atoms with Gasteiger partial charge in [-0.05, 0) is 31.2 Å². The first-order chi connectivity index (χ1) is 14.1. The number of thiazole rings is 1. The van der Waals surface area contributed by atoms with Gasteiger partial charge in [-0.2, -0.15) is 5.10 Å². The monoisotopic (exact) mass is 429 g/mol. The molecule has 0 saturated carbocycles. The lowest BCUT2D eigenvalue weighted by Gasteiger charge is -2.14. The summed E-state index contributed by atoms with van der Waals surface area (Å²) in [6.07, 6.45) is 3.61. The normalized spacial score (nSPS) is 11.8. The summed E-state index contributed by atoms with van der Waals surface area (Å²) in [5, 5.41) is 6.72. The van der Waals surface area contributed by atoms with Crippen LogP contribution in [0.4, 0.5) is 0 Å². The Bertz CT molecular complexity index is 1070. The van der Waals surface area contributed by atoms with Crippen molar-refractivity contribution in [3.63, 3.8) is 0 Å². The molecule has 0 unspecified atom stereocenters. The maximum absolute atomic E-state index is 5.50. The van der Waals surface area contributed by atoms with E-state index in [4.69, 9.17) is 19.3 Å². The van der Waals surface area contributed by atoms with Crippen LogP contribution in [-0.2, 0) is 0 Å². The Morgan fingerprint density at radius 2 is 1.83 bits per heavy atom. The van der Waals surface area contributed by atoms with Crippen molar-refractivity contribution in [1.82, 2.24) is 4.68 Å². The van der Waals surface area contributed by atoms with Crippen molar-refractivity contribution in [2.75, 3.05) is 27.9 Å². The van der Waals surface area contributed by atoms with Crippen LogP contribution in [0.3, 0.4) is 0 Å². The molecule has 6 nitrogen and oxygen atoms in total. The second kappa shape index (κ2) is 9.58. The standard InChI is InChI=1S/C21H23N3O3S2/c1-6-9-22-21-24(23-12-16-8-7-14(2)29-16)17(13-28-21)15-10-18(25-3)20(27-5)19(11-15)26-4/h6-8,10-13H,1,9H2,2-5H3. The third kappa shape index (κ3) is 4.60. The fourth-order valence-corrected chi connectivity index (χ4v) is 4.32. The average molecular weight is 430 g/mol. The van der Waals surface area contributed by atoms with Gasteiger partial charge in [0.25, 0.3) is 0 Å². The number of hydrogen-bond acceptors (Lipinski definition) is 7. The van der Waals surface area contributed by atoms with E-state index in [2.05, 4.69) is 30.6 Å². The molecule has 0 aliphatic heterocycles. The van der Waals surface area contributed by atoms with Gasteiger partial charge < -0.3 is 14.2 Å². The summed E-state index contributed by atoms with van der Waals surface area (Å²) in [4.78, 5) is 7.66. The second-order valence-corrected chi connectivity index (χ2v) is 8.11. The average Bonchev–Trinajstić information content (AvgIpc) is 3.34. The molecule has 0 saturated heterocycles. The first-order valence-corrected chi connectivity index (χ1v) is 10.5. The van der Waals surface area contributed by atoms with Gasteiger partial charge >= 0.3 is 0 Å². The van der Waals surface area contributed by atoms with Crippen molar-refractivity contribution in [3.05, 3.63) is 56.9 Å². The molecule has 0 aliphatic rings. The molecule has 8 heteroatoms. The Kier molecular flexibility index (Phi) is 6.90. The number of nitrogens with zero attached hydrogens (tertiary/aromatic N) is 3. The van der Waals surface area contributed by atoms with Crippen molar-refractivity contribution in [2.45, 2.75) is 6.92 Å². The van der Waals surface area contributed by atoms with E-state index >= 15 is 0 Å². The van der Waals surface area contributed by atoms with Crippen LogP contribution in [0.25, 0.3) is 11.3 Å². The maximum Gasteiger partial charge on any atom is 0.206 e. The quantitative estimate of drug-likeness (QED) is 0.389. The van der Waals surface area contributed by atoms with Crippen LogP contribution in [0.2, 0.25) is 0 Å². The summed E-state index contributed by atoms with van der Waals surface area (Å²) in [7, 11) is 4.79. The molecule has 152 valence electrons. The van der Waals surface area contributed by atoms with E-state index in [0.29, 0.717) is 23.8 Å². The molecule has 0 fully saturated rings. The van der Waals surface area contributed by atoms with E-state index in [0.717, 1.165) is 20.9 Å². The number of methoxy groups -OCH3 is 3. The number of aryl methyl sites for hydroxylation is 1. The van der Waals surface area contributed by atoms with Crippen LogP contribution in [-0.4, -0.2) is 38.8 Å². The Morgan fingerprint density at radius 3 is 2.38 bits per heavy atom. The van der Waals surface area contributed by atoms with E-state index in [1.807, 2.05) is 28.4 Å². The van der Waals surface area contributed by atoms with Gasteiger partial charge in [-0.25, -0.2) is 4.68 Å². The third-order valence-electron chi connectivity index (χ3n) is 4.06. The predicted octanol–water partition coefficient (Wildman–Crippen LogP) is 4.58. The highest BCUT2D eigenvalue weighted by atomic mass is 32.1. The van der Waals surface area contributed by atoms with E-state index < -0.39 is 0 Å². The molecule has 0 amide bonds. The highest BCUT2D eigenvalue weighted by Crippen LogP contribution is 2.41. The Hall–Kier alpha value is -2.84. The Balaban J connectivity index is 2.16. The van der Waals surface area contributed by atoms with E-state index in [1.165, 1.54) is 16.2 Å². The molecule has 0 radical (unpaired) electrons. The highest BCUT2D eigenvalue weighted by Gasteiger charge is 2.17. The molecule has 1 aromatic carbocycles. The molecule has 0 spiro atoms. The zero-order valence-corrected chi connectivity index (χ0v) is 18.5. The molecular formula is C21H23N3O3S2. The van der Waals surface area contributed by atoms with Crippen LogP contribution < -0.4 is 19.0 Å². The fourth-order valence-electron chi connectivity index (χ4n) is 2.73. The maximum atomic E-state index is 5.50. The molecule has 0 aliphatic carbocycles. The van der Waals surface area contributed by atoms with Gasteiger partial charge in [0.05, 0.1) is 39.8 Å². The summed E-state index contributed by atoms with van der Waals surface area (Å²) in [5.41, 5.74) is 1.76. The summed E-state index contributed by atoms with van der Waals surface area (Å²) >= 11 is 3.20. The number of hydrogen-bond donors (Lipinski definition) is 0. The van der Waals surface area contributed by atoms with Gasteiger partial charge in [0, 0.05) is 20.7 Å². The highest BCUT2D eigenvalue weighted by molar-refractivity contribution is 7.13. The second-order valence-electron chi connectivity index (χ2n) is 5.95. The van der Waals surface area contributed by atoms with Crippen molar-refractivity contribution in [3.8, 4) is 28.5 Å². The smallest absolute Gasteiger partial charge is 0.206 e. The number of thiophene rings is 1. The summed E-state index contributed by atoms with van der Waals surface area (Å²) in [6.45, 7) is 6.34. The number of ether oxygens (including phenoxy) is 3. The van der Waals surface area contributed by atoms with Crippen molar-refractivity contribution in [1.29, 1.82) is 0 Å². The topological polar surface area (TPSA) is 57.3 Å². The van der Waals surface area contributed by atoms with Gasteiger partial charge in [0.1, 0.15) is 0 Å². The minimum atomic E-state index is 0.517. The van der Waals surface area contributed by atoms with Gasteiger partial charge in [-0.3, -0.25) is 4.99 Å². The van der Waals surface area contributed by atoms with E-state index in [1.54, 1.807) is 38.7 Å². The van der Waals surface area contributed by atoms with Crippen LogP contribution in [0, 0.1) is 6.92 Å². The minimum absolute atomic E-state index is 0.517. The van der Waals surface area contributed by atoms with Gasteiger partial charge in [-0.15, -0.1) is 29.3 Å². The molecule has 0 N–H and O–H groups in total. The number of aromatic nitrogens is 1. The van der Waals surface area contributed by atoms with Crippen molar-refractivity contribution >= 4 is 28.9 Å². The zero-order valence-electron chi connectivity index (χ0n) is 16.8. The minimum Gasteiger partial charge on any atom is -0.493 e. The van der Waals surface area contributed by atoms with E-state index in [9.17, 15) is 0 Å². The zero-order chi connectivity index (χ0) is 20.8. The lowest BCUT2D eigenvalue weighted by Crippen LogP contribution is -2.12. The SMILES string of the molecule is C=CCN=c1scc(-c2cc(OC)c(OC)c(OC)c2)n1N=Cc1ccc(C)s1. The van der Waals surface area contributed by atoms with Gasteiger partial charge in [0.15, 0.2) is 11.5 Å². The first kappa shape index (κ1) is 20.9. The molecule has 2 heterocycles. The molecule has 0 atom stereocenters. The third-order valence-corrected chi connectivity index (χ3v) is 5.85. The van der Waals surface area contributed by atoms with Crippen molar-refractivity contribution < 1.29 is 14.2 Å². The largest absolute Gasteiger partial charge is 0.493 e. The Labute approximate surface area is 178 Å². The molecule has 3 aromatic rings. The molecule has 29 heavy (non-hydrogen) atoms. The summed E-state index contributed by atoms with van der Waals surface area (Å²) in [6, 6.07) is 7.94. The Morgan fingerprint density at radius 1 is 1.10 bits per heavy atom. The van der Waals surface area contributed by atoms with Crippen molar-refractivity contribution in [2.24, 2.45) is 10.1 Å². The van der Waals surface area contributed by atoms with Crippen LogP contribution in [0.15, 0.2) is 52.4 Å².